The van der Waals surface area contributed by atoms with Crippen molar-refractivity contribution in [1.29, 1.82) is 0 Å². The number of furan rings is 1. The summed E-state index contributed by atoms with van der Waals surface area (Å²) in [7, 11) is 4.07. The van der Waals surface area contributed by atoms with Crippen LogP contribution in [0.4, 0.5) is 18.9 Å². The molecule has 2 aromatic heterocycles. The zero-order valence-corrected chi connectivity index (χ0v) is 24.9. The van der Waals surface area contributed by atoms with Gasteiger partial charge in [0.1, 0.15) is 12.3 Å². The summed E-state index contributed by atoms with van der Waals surface area (Å²) in [5, 5.41) is 11.8. The van der Waals surface area contributed by atoms with Crippen molar-refractivity contribution < 1.29 is 37.1 Å². The summed E-state index contributed by atoms with van der Waals surface area (Å²) < 4.78 is 36.9. The molecule has 2 aromatic carbocycles. The van der Waals surface area contributed by atoms with Gasteiger partial charge in [-0.3, -0.25) is 9.59 Å². The number of alkyl halides is 3. The SMILES string of the molecule is CC(c1c[nH]c2ccccc12)C(NC(=O)c1ccoc1)C(=O)N1C[C@@H](CN(C)C)Cc2cc(Cl)ccc21.O=C(O)C(F)(F)F. The first-order valence-electron chi connectivity index (χ1n) is 13.7. The van der Waals surface area contributed by atoms with Gasteiger partial charge in [0, 0.05) is 46.8 Å². The highest BCUT2D eigenvalue weighted by Crippen LogP contribution is 2.35. The number of carboxylic acids is 1. The van der Waals surface area contributed by atoms with Gasteiger partial charge < -0.3 is 29.6 Å². The van der Waals surface area contributed by atoms with Crippen LogP contribution in [0.1, 0.15) is 34.3 Å². The smallest absolute Gasteiger partial charge is 0.475 e. The molecule has 0 radical (unpaired) electrons. The summed E-state index contributed by atoms with van der Waals surface area (Å²) in [5.41, 5.74) is 4.22. The molecule has 0 saturated heterocycles. The van der Waals surface area contributed by atoms with Gasteiger partial charge in [-0.1, -0.05) is 36.7 Å². The number of nitrogens with one attached hydrogen (secondary N) is 2. The lowest BCUT2D eigenvalue weighted by molar-refractivity contribution is -0.192. The number of amides is 2. The Morgan fingerprint density at radius 3 is 2.52 bits per heavy atom. The van der Waals surface area contributed by atoms with Gasteiger partial charge in [-0.2, -0.15) is 13.2 Å². The Labute approximate surface area is 256 Å². The molecule has 3 heterocycles. The molecule has 2 amide bonds. The van der Waals surface area contributed by atoms with Crippen molar-refractivity contribution in [3.63, 3.8) is 0 Å². The van der Waals surface area contributed by atoms with Gasteiger partial charge >= 0.3 is 12.1 Å². The summed E-state index contributed by atoms with van der Waals surface area (Å²) in [6.07, 6.45) is 0.518. The monoisotopic (exact) mass is 632 g/mol. The second kappa shape index (κ2) is 13.6. The minimum absolute atomic E-state index is 0.151. The quantitative estimate of drug-likeness (QED) is 0.240. The van der Waals surface area contributed by atoms with Gasteiger partial charge in [-0.15, -0.1) is 0 Å². The molecule has 5 rings (SSSR count). The molecule has 44 heavy (non-hydrogen) atoms. The van der Waals surface area contributed by atoms with Crippen LogP contribution in [-0.4, -0.2) is 72.2 Å². The van der Waals surface area contributed by atoms with E-state index in [0.717, 1.165) is 40.7 Å². The molecule has 3 N–H and O–H groups in total. The number of H-pyrrole nitrogens is 1. The molecule has 234 valence electrons. The fourth-order valence-electron chi connectivity index (χ4n) is 5.40. The van der Waals surface area contributed by atoms with Crippen LogP contribution in [-0.2, 0) is 16.0 Å². The van der Waals surface area contributed by atoms with Crippen LogP contribution < -0.4 is 10.2 Å². The number of para-hydroxylation sites is 1. The zero-order valence-electron chi connectivity index (χ0n) is 24.2. The number of carbonyl (C=O) groups is 3. The van der Waals surface area contributed by atoms with E-state index >= 15 is 0 Å². The molecule has 0 bridgehead atoms. The molecule has 0 saturated carbocycles. The Bertz CT molecular complexity index is 1620. The molecule has 13 heteroatoms. The largest absolute Gasteiger partial charge is 0.490 e. The molecule has 9 nitrogen and oxygen atoms in total. The number of fused-ring (bicyclic) bond motifs is 2. The number of hydrogen-bond acceptors (Lipinski definition) is 5. The molecular formula is C31H32ClF3N4O5. The first kappa shape index (κ1) is 32.6. The summed E-state index contributed by atoms with van der Waals surface area (Å²) in [6.45, 7) is 3.38. The Hall–Kier alpha value is -4.29. The van der Waals surface area contributed by atoms with E-state index in [1.807, 2.05) is 74.6 Å². The van der Waals surface area contributed by atoms with Crippen molar-refractivity contribution in [3.05, 3.63) is 89.0 Å². The second-order valence-electron chi connectivity index (χ2n) is 10.9. The normalized spacial score (nSPS) is 16.1. The molecule has 0 aliphatic carbocycles. The first-order valence-corrected chi connectivity index (χ1v) is 14.1. The van der Waals surface area contributed by atoms with Gasteiger partial charge in [-0.25, -0.2) is 4.79 Å². The van der Waals surface area contributed by atoms with Crippen molar-refractivity contribution in [2.24, 2.45) is 5.92 Å². The van der Waals surface area contributed by atoms with E-state index in [0.29, 0.717) is 17.1 Å². The average molecular weight is 633 g/mol. The fraction of sp³-hybridized carbons (Fsp3) is 0.323. The average Bonchev–Trinajstić information content (AvgIpc) is 3.65. The van der Waals surface area contributed by atoms with Gasteiger partial charge in [0.2, 0.25) is 5.91 Å². The van der Waals surface area contributed by atoms with Crippen molar-refractivity contribution in [2.75, 3.05) is 32.1 Å². The lowest BCUT2D eigenvalue weighted by Gasteiger charge is -2.38. The summed E-state index contributed by atoms with van der Waals surface area (Å²) in [6, 6.07) is 14.4. The Balaban J connectivity index is 0.000000566. The molecule has 3 atom stereocenters. The number of halogens is 4. The van der Waals surface area contributed by atoms with E-state index in [1.54, 1.807) is 6.07 Å². The van der Waals surface area contributed by atoms with Crippen LogP contribution in [0.3, 0.4) is 0 Å². The maximum absolute atomic E-state index is 14.4. The van der Waals surface area contributed by atoms with Crippen molar-refractivity contribution >= 4 is 46.0 Å². The molecule has 1 aliphatic heterocycles. The van der Waals surface area contributed by atoms with E-state index < -0.39 is 18.2 Å². The van der Waals surface area contributed by atoms with Crippen LogP contribution in [0.15, 0.2) is 71.7 Å². The number of nitrogens with zero attached hydrogens (tertiary/aromatic N) is 2. The number of aromatic nitrogens is 1. The molecule has 1 aliphatic rings. The van der Waals surface area contributed by atoms with Crippen LogP contribution in [0, 0.1) is 5.92 Å². The number of anilines is 1. The number of aromatic amines is 1. The number of aliphatic carboxylic acids is 1. The topological polar surface area (TPSA) is 119 Å². The number of carboxylic acid groups (broad SMARTS) is 1. The summed E-state index contributed by atoms with van der Waals surface area (Å²) >= 11 is 6.34. The summed E-state index contributed by atoms with van der Waals surface area (Å²) in [5.74, 6) is -3.32. The number of benzene rings is 2. The van der Waals surface area contributed by atoms with E-state index in [4.69, 9.17) is 25.9 Å². The maximum Gasteiger partial charge on any atom is 0.490 e. The predicted molar refractivity (Wildman–Crippen MR) is 160 cm³/mol. The van der Waals surface area contributed by atoms with Crippen LogP contribution >= 0.6 is 11.6 Å². The lowest BCUT2D eigenvalue weighted by Crippen LogP contribution is -2.54. The van der Waals surface area contributed by atoms with E-state index in [2.05, 4.69) is 15.2 Å². The van der Waals surface area contributed by atoms with Crippen LogP contribution in [0.5, 0.6) is 0 Å². The highest BCUT2D eigenvalue weighted by atomic mass is 35.5. The molecule has 2 unspecified atom stereocenters. The highest BCUT2D eigenvalue weighted by Gasteiger charge is 2.39. The van der Waals surface area contributed by atoms with Gasteiger partial charge in [0.25, 0.3) is 5.91 Å². The number of carbonyl (C=O) groups excluding carboxylic acids is 2. The van der Waals surface area contributed by atoms with Crippen molar-refractivity contribution in [1.82, 2.24) is 15.2 Å². The summed E-state index contributed by atoms with van der Waals surface area (Å²) in [4.78, 5) is 43.7. The minimum Gasteiger partial charge on any atom is -0.475 e. The molecule has 0 spiro atoms. The van der Waals surface area contributed by atoms with Gasteiger partial charge in [-0.05, 0) is 67.9 Å². The molecule has 0 fully saturated rings. The van der Waals surface area contributed by atoms with Gasteiger partial charge in [0.15, 0.2) is 0 Å². The highest BCUT2D eigenvalue weighted by molar-refractivity contribution is 6.30. The first-order chi connectivity index (χ1) is 20.8. The van der Waals surface area contributed by atoms with Crippen molar-refractivity contribution in [2.45, 2.75) is 31.5 Å². The third-order valence-corrected chi connectivity index (χ3v) is 7.60. The standard InChI is InChI=1S/C29H31ClN4O3.C2HF3O2/c1-18(24-14-31-25-7-5-4-6-23(24)25)27(32-28(35)20-10-11-37-17-20)29(36)34-16-19(15-33(2)3)12-21-13-22(30)8-9-26(21)34;3-2(4,5)1(6)7/h4-11,13-14,17-19,27,31H,12,15-16H2,1-3H3,(H,32,35);(H,6,7)/t18?,19-,27?;/m1./s1. The molecule has 4 aromatic rings. The fourth-order valence-corrected chi connectivity index (χ4v) is 5.59. The second-order valence-corrected chi connectivity index (χ2v) is 11.3. The third-order valence-electron chi connectivity index (χ3n) is 7.36. The van der Waals surface area contributed by atoms with Crippen LogP contribution in [0.25, 0.3) is 10.9 Å². The molecular weight excluding hydrogens is 601 g/mol. The number of rotatable bonds is 7. The third kappa shape index (κ3) is 7.61. The zero-order chi connectivity index (χ0) is 32.2. The van der Waals surface area contributed by atoms with E-state index in [9.17, 15) is 22.8 Å². The number of hydrogen-bond donors (Lipinski definition) is 3. The Morgan fingerprint density at radius 1 is 1.18 bits per heavy atom. The minimum atomic E-state index is -5.08. The van der Waals surface area contributed by atoms with Crippen LogP contribution in [0.2, 0.25) is 5.02 Å². The lowest BCUT2D eigenvalue weighted by atomic mass is 9.88. The van der Waals surface area contributed by atoms with Gasteiger partial charge in [0.05, 0.1) is 11.8 Å². The predicted octanol–water partition coefficient (Wildman–Crippen LogP) is 5.72. The van der Waals surface area contributed by atoms with E-state index in [1.165, 1.54) is 12.5 Å². The maximum atomic E-state index is 14.4. The van der Waals surface area contributed by atoms with Crippen molar-refractivity contribution in [3.8, 4) is 0 Å². The Morgan fingerprint density at radius 2 is 1.89 bits per heavy atom. The van der Waals surface area contributed by atoms with E-state index in [-0.39, 0.29) is 23.7 Å². The Kier molecular flexibility index (Phi) is 10.1.